The SMILES string of the molecule is O=C(COC(=O)c1ccccc1NC(=O)c1ccccc1)Nc1ccccc1OC(F)F. The molecule has 0 radical (unpaired) electrons. The van der Waals surface area contributed by atoms with Gasteiger partial charge in [-0.2, -0.15) is 8.78 Å². The predicted molar refractivity (Wildman–Crippen MR) is 113 cm³/mol. The van der Waals surface area contributed by atoms with Crippen LogP contribution in [0.15, 0.2) is 78.9 Å². The van der Waals surface area contributed by atoms with Crippen LogP contribution in [0, 0.1) is 0 Å². The Bertz CT molecular complexity index is 1110. The van der Waals surface area contributed by atoms with Gasteiger partial charge in [-0.15, -0.1) is 0 Å². The van der Waals surface area contributed by atoms with E-state index < -0.39 is 31.0 Å². The molecule has 0 saturated heterocycles. The fraction of sp³-hybridized carbons (Fsp3) is 0.0870. The first-order chi connectivity index (χ1) is 15.4. The minimum Gasteiger partial charge on any atom is -0.452 e. The summed E-state index contributed by atoms with van der Waals surface area (Å²) in [6.45, 7) is -3.74. The number of amides is 2. The third-order valence-electron chi connectivity index (χ3n) is 4.14. The Morgan fingerprint density at radius 2 is 1.41 bits per heavy atom. The van der Waals surface area contributed by atoms with E-state index in [-0.39, 0.29) is 22.7 Å². The molecule has 9 heteroatoms. The van der Waals surface area contributed by atoms with Crippen molar-refractivity contribution >= 4 is 29.2 Å². The average molecular weight is 440 g/mol. The fourth-order valence-electron chi connectivity index (χ4n) is 2.72. The highest BCUT2D eigenvalue weighted by molar-refractivity contribution is 6.08. The fourth-order valence-corrected chi connectivity index (χ4v) is 2.72. The van der Waals surface area contributed by atoms with Crippen molar-refractivity contribution in [3.05, 3.63) is 90.0 Å². The van der Waals surface area contributed by atoms with Crippen LogP contribution in [-0.2, 0) is 9.53 Å². The second kappa shape index (κ2) is 10.7. The van der Waals surface area contributed by atoms with E-state index in [9.17, 15) is 23.2 Å². The third kappa shape index (κ3) is 6.11. The van der Waals surface area contributed by atoms with Gasteiger partial charge in [-0.05, 0) is 36.4 Å². The first kappa shape index (κ1) is 22.4. The van der Waals surface area contributed by atoms with Crippen LogP contribution in [0.2, 0.25) is 0 Å². The number of alkyl halides is 2. The monoisotopic (exact) mass is 440 g/mol. The Hall–Kier alpha value is -4.27. The highest BCUT2D eigenvalue weighted by Gasteiger charge is 2.17. The van der Waals surface area contributed by atoms with E-state index in [2.05, 4.69) is 15.4 Å². The molecule has 0 saturated carbocycles. The van der Waals surface area contributed by atoms with Crippen LogP contribution in [0.3, 0.4) is 0 Å². The molecule has 0 atom stereocenters. The molecule has 2 N–H and O–H groups in total. The van der Waals surface area contributed by atoms with Crippen molar-refractivity contribution in [2.45, 2.75) is 6.61 Å². The third-order valence-corrected chi connectivity index (χ3v) is 4.14. The Morgan fingerprint density at radius 1 is 0.781 bits per heavy atom. The number of halogens is 2. The quantitative estimate of drug-likeness (QED) is 0.509. The highest BCUT2D eigenvalue weighted by Crippen LogP contribution is 2.25. The maximum Gasteiger partial charge on any atom is 0.387 e. The van der Waals surface area contributed by atoms with Gasteiger partial charge in [0.05, 0.1) is 16.9 Å². The minimum atomic E-state index is -3.06. The Kier molecular flexibility index (Phi) is 7.47. The summed E-state index contributed by atoms with van der Waals surface area (Å²) in [4.78, 5) is 37.0. The molecular formula is C23H18F2N2O5. The summed E-state index contributed by atoms with van der Waals surface area (Å²) in [5.74, 6) is -2.24. The molecular weight excluding hydrogens is 422 g/mol. The van der Waals surface area contributed by atoms with Gasteiger partial charge in [-0.25, -0.2) is 4.79 Å². The lowest BCUT2D eigenvalue weighted by Gasteiger charge is -2.13. The van der Waals surface area contributed by atoms with Crippen LogP contribution < -0.4 is 15.4 Å². The van der Waals surface area contributed by atoms with Gasteiger partial charge >= 0.3 is 12.6 Å². The van der Waals surface area contributed by atoms with Gasteiger partial charge in [0, 0.05) is 5.56 Å². The van der Waals surface area contributed by atoms with E-state index in [0.717, 1.165) is 0 Å². The molecule has 0 heterocycles. The Balaban J connectivity index is 1.62. The summed E-state index contributed by atoms with van der Waals surface area (Å²) in [5, 5.41) is 4.98. The maximum atomic E-state index is 12.5. The number of hydrogen-bond donors (Lipinski definition) is 2. The number of anilines is 2. The van der Waals surface area contributed by atoms with E-state index in [1.807, 2.05) is 0 Å². The van der Waals surface area contributed by atoms with Crippen molar-refractivity contribution in [1.29, 1.82) is 0 Å². The van der Waals surface area contributed by atoms with Crippen molar-refractivity contribution in [2.24, 2.45) is 0 Å². The van der Waals surface area contributed by atoms with Crippen molar-refractivity contribution in [1.82, 2.24) is 0 Å². The van der Waals surface area contributed by atoms with Gasteiger partial charge in [0.15, 0.2) is 6.61 Å². The zero-order valence-corrected chi connectivity index (χ0v) is 16.6. The average Bonchev–Trinajstić information content (AvgIpc) is 2.79. The summed E-state index contributed by atoms with van der Waals surface area (Å²) in [7, 11) is 0. The van der Waals surface area contributed by atoms with E-state index >= 15 is 0 Å². The summed E-state index contributed by atoms with van der Waals surface area (Å²) in [6, 6.07) is 20.2. The Morgan fingerprint density at radius 3 is 2.12 bits per heavy atom. The summed E-state index contributed by atoms with van der Waals surface area (Å²) in [6.07, 6.45) is 0. The zero-order valence-electron chi connectivity index (χ0n) is 16.6. The van der Waals surface area contributed by atoms with E-state index in [0.29, 0.717) is 5.56 Å². The van der Waals surface area contributed by atoms with Crippen molar-refractivity contribution in [2.75, 3.05) is 17.2 Å². The number of esters is 1. The van der Waals surface area contributed by atoms with Crippen molar-refractivity contribution in [3.63, 3.8) is 0 Å². The summed E-state index contributed by atoms with van der Waals surface area (Å²) < 4.78 is 34.3. The number of rotatable bonds is 8. The molecule has 3 aromatic rings. The molecule has 3 rings (SSSR count). The van der Waals surface area contributed by atoms with Crippen molar-refractivity contribution < 1.29 is 32.6 Å². The normalized spacial score (nSPS) is 10.3. The molecule has 0 aliphatic heterocycles. The van der Waals surface area contributed by atoms with Crippen LogP contribution in [0.5, 0.6) is 5.75 Å². The number of benzene rings is 3. The van der Waals surface area contributed by atoms with Crippen LogP contribution in [0.25, 0.3) is 0 Å². The molecule has 2 amide bonds. The van der Waals surface area contributed by atoms with Crippen LogP contribution in [0.1, 0.15) is 20.7 Å². The molecule has 0 fully saturated rings. The first-order valence-electron chi connectivity index (χ1n) is 9.40. The first-order valence-corrected chi connectivity index (χ1v) is 9.40. The molecule has 0 spiro atoms. The summed E-state index contributed by atoms with van der Waals surface area (Å²) in [5.41, 5.74) is 0.664. The molecule has 0 aliphatic carbocycles. The van der Waals surface area contributed by atoms with Gasteiger partial charge in [-0.3, -0.25) is 9.59 Å². The Labute approximate surface area is 182 Å². The highest BCUT2D eigenvalue weighted by atomic mass is 19.3. The van der Waals surface area contributed by atoms with Crippen LogP contribution >= 0.6 is 0 Å². The van der Waals surface area contributed by atoms with Crippen LogP contribution in [0.4, 0.5) is 20.2 Å². The number of nitrogens with one attached hydrogen (secondary N) is 2. The molecule has 0 aliphatic rings. The van der Waals surface area contributed by atoms with Gasteiger partial charge in [0.1, 0.15) is 5.75 Å². The molecule has 0 unspecified atom stereocenters. The second-order valence-corrected chi connectivity index (χ2v) is 6.36. The molecule has 3 aromatic carbocycles. The lowest BCUT2D eigenvalue weighted by atomic mass is 10.1. The topological polar surface area (TPSA) is 93.7 Å². The predicted octanol–water partition coefficient (Wildman–Crippen LogP) is 4.34. The van der Waals surface area contributed by atoms with Crippen LogP contribution in [-0.4, -0.2) is 31.0 Å². The number of hydrogen-bond acceptors (Lipinski definition) is 5. The number of para-hydroxylation sites is 3. The standard InChI is InChI=1S/C23H18F2N2O5/c24-23(25)32-19-13-7-6-12-18(19)26-20(28)14-31-22(30)16-10-4-5-11-17(16)27-21(29)15-8-2-1-3-9-15/h1-13,23H,14H2,(H,26,28)(H,27,29). The van der Waals surface area contributed by atoms with Gasteiger partial charge in [-0.1, -0.05) is 42.5 Å². The second-order valence-electron chi connectivity index (χ2n) is 6.36. The molecule has 7 nitrogen and oxygen atoms in total. The largest absolute Gasteiger partial charge is 0.452 e. The number of carbonyl (C=O) groups is 3. The lowest BCUT2D eigenvalue weighted by Crippen LogP contribution is -2.22. The maximum absolute atomic E-state index is 12.5. The van der Waals surface area contributed by atoms with Gasteiger partial charge in [0.2, 0.25) is 0 Å². The number of ether oxygens (including phenoxy) is 2. The molecule has 0 aromatic heterocycles. The van der Waals surface area contributed by atoms with E-state index in [4.69, 9.17) is 4.74 Å². The molecule has 164 valence electrons. The summed E-state index contributed by atoms with van der Waals surface area (Å²) >= 11 is 0. The number of carbonyl (C=O) groups excluding carboxylic acids is 3. The van der Waals surface area contributed by atoms with E-state index in [1.165, 1.54) is 36.4 Å². The van der Waals surface area contributed by atoms with Gasteiger partial charge in [0.25, 0.3) is 11.8 Å². The lowest BCUT2D eigenvalue weighted by molar-refractivity contribution is -0.119. The molecule has 32 heavy (non-hydrogen) atoms. The van der Waals surface area contributed by atoms with E-state index in [1.54, 1.807) is 42.5 Å². The minimum absolute atomic E-state index is 0.00405. The smallest absolute Gasteiger partial charge is 0.387 e. The molecule has 0 bridgehead atoms. The van der Waals surface area contributed by atoms with Gasteiger partial charge < -0.3 is 20.1 Å². The zero-order chi connectivity index (χ0) is 22.9. The van der Waals surface area contributed by atoms with Crippen molar-refractivity contribution in [3.8, 4) is 5.75 Å².